The predicted octanol–water partition coefficient (Wildman–Crippen LogP) is 1.27. The lowest BCUT2D eigenvalue weighted by atomic mass is 9.97. The maximum Gasteiger partial charge on any atom is 0.303 e. The zero-order valence-electron chi connectivity index (χ0n) is 10.5. The molecule has 0 aromatic carbocycles. The number of ether oxygens (including phenoxy) is 1. The van der Waals surface area contributed by atoms with Crippen LogP contribution in [0, 0.1) is 0 Å². The van der Waals surface area contributed by atoms with E-state index < -0.39 is 12.1 Å². The molecule has 2 atom stereocenters. The summed E-state index contributed by atoms with van der Waals surface area (Å²) in [5, 5.41) is 8.70. The van der Waals surface area contributed by atoms with Crippen LogP contribution in [0.1, 0.15) is 39.0 Å². The number of carbonyl (C=O) groups excluding carboxylic acids is 1. The van der Waals surface area contributed by atoms with E-state index >= 15 is 0 Å². The molecule has 5 heteroatoms. The summed E-state index contributed by atoms with van der Waals surface area (Å²) in [5.41, 5.74) is 0. The zero-order valence-corrected chi connectivity index (χ0v) is 10.5. The summed E-state index contributed by atoms with van der Waals surface area (Å²) in [5.74, 6) is -0.828. The van der Waals surface area contributed by atoms with Gasteiger partial charge in [0.05, 0.1) is 0 Å². The van der Waals surface area contributed by atoms with Gasteiger partial charge in [-0.25, -0.2) is 0 Å². The molecule has 0 unspecified atom stereocenters. The van der Waals surface area contributed by atoms with E-state index in [-0.39, 0.29) is 18.4 Å². The number of methoxy groups -OCH3 is 1. The van der Waals surface area contributed by atoms with Gasteiger partial charge < -0.3 is 14.7 Å². The van der Waals surface area contributed by atoms with Crippen LogP contribution in [-0.4, -0.2) is 47.7 Å². The molecule has 1 rings (SSSR count). The molecule has 98 valence electrons. The number of carbonyl (C=O) groups is 2. The lowest BCUT2D eigenvalue weighted by molar-refractivity contribution is -0.146. The lowest BCUT2D eigenvalue weighted by Crippen LogP contribution is -2.48. The molecule has 5 nitrogen and oxygen atoms in total. The van der Waals surface area contributed by atoms with E-state index in [0.717, 1.165) is 25.8 Å². The Bertz CT molecular complexity index is 280. The van der Waals surface area contributed by atoms with Crippen LogP contribution in [-0.2, 0) is 14.3 Å². The highest BCUT2D eigenvalue weighted by atomic mass is 16.5. The SMILES string of the molecule is CO[C@@H](C)C(=O)N1CCCC[C@@H]1CCC(=O)O. The van der Waals surface area contributed by atoms with E-state index in [0.29, 0.717) is 6.42 Å². The number of nitrogens with zero attached hydrogens (tertiary/aromatic N) is 1. The molecule has 0 aromatic rings. The van der Waals surface area contributed by atoms with Crippen molar-refractivity contribution >= 4 is 11.9 Å². The average Bonchev–Trinajstić information content (AvgIpc) is 2.34. The zero-order chi connectivity index (χ0) is 12.8. The van der Waals surface area contributed by atoms with Crippen LogP contribution in [0.4, 0.5) is 0 Å². The van der Waals surface area contributed by atoms with Crippen LogP contribution in [0.3, 0.4) is 0 Å². The summed E-state index contributed by atoms with van der Waals surface area (Å²) in [6.45, 7) is 2.45. The van der Waals surface area contributed by atoms with Crippen molar-refractivity contribution in [3.8, 4) is 0 Å². The van der Waals surface area contributed by atoms with Gasteiger partial charge in [0.2, 0.25) is 0 Å². The van der Waals surface area contributed by atoms with Crippen LogP contribution in [0.15, 0.2) is 0 Å². The molecule has 1 fully saturated rings. The molecule has 1 saturated heterocycles. The second kappa shape index (κ2) is 6.59. The first kappa shape index (κ1) is 14.0. The molecule has 0 aromatic heterocycles. The third kappa shape index (κ3) is 4.00. The molecule has 1 aliphatic rings. The molecular weight excluding hydrogens is 222 g/mol. The van der Waals surface area contributed by atoms with E-state index in [1.165, 1.54) is 7.11 Å². The van der Waals surface area contributed by atoms with Crippen molar-refractivity contribution in [2.24, 2.45) is 0 Å². The molecule has 0 saturated carbocycles. The number of rotatable bonds is 5. The van der Waals surface area contributed by atoms with Crippen molar-refractivity contribution in [3.05, 3.63) is 0 Å². The molecule has 0 bridgehead atoms. The minimum atomic E-state index is -0.803. The predicted molar refractivity (Wildman–Crippen MR) is 62.7 cm³/mol. The van der Waals surface area contributed by atoms with E-state index in [1.807, 2.05) is 0 Å². The summed E-state index contributed by atoms with van der Waals surface area (Å²) in [4.78, 5) is 24.4. The van der Waals surface area contributed by atoms with Crippen LogP contribution in [0.2, 0.25) is 0 Å². The van der Waals surface area contributed by atoms with Gasteiger partial charge in [0.15, 0.2) is 0 Å². The normalized spacial score (nSPS) is 22.2. The van der Waals surface area contributed by atoms with Gasteiger partial charge in [-0.15, -0.1) is 0 Å². The maximum absolute atomic E-state index is 12.0. The number of carboxylic acid groups (broad SMARTS) is 1. The second-order valence-electron chi connectivity index (χ2n) is 4.49. The highest BCUT2D eigenvalue weighted by Crippen LogP contribution is 2.22. The number of carboxylic acids is 1. The Balaban J connectivity index is 2.58. The van der Waals surface area contributed by atoms with Gasteiger partial charge in [-0.3, -0.25) is 9.59 Å². The number of likely N-dealkylation sites (tertiary alicyclic amines) is 1. The van der Waals surface area contributed by atoms with Gasteiger partial charge in [0.1, 0.15) is 6.10 Å². The fourth-order valence-electron chi connectivity index (χ4n) is 2.22. The van der Waals surface area contributed by atoms with Crippen molar-refractivity contribution < 1.29 is 19.4 Å². The number of hydrogen-bond donors (Lipinski definition) is 1. The summed E-state index contributed by atoms with van der Waals surface area (Å²) in [7, 11) is 1.51. The van der Waals surface area contributed by atoms with Gasteiger partial charge in [0.25, 0.3) is 5.91 Å². The van der Waals surface area contributed by atoms with Crippen molar-refractivity contribution in [3.63, 3.8) is 0 Å². The van der Waals surface area contributed by atoms with Crippen molar-refractivity contribution in [1.29, 1.82) is 0 Å². The number of aliphatic carboxylic acids is 1. The van der Waals surface area contributed by atoms with Gasteiger partial charge in [-0.1, -0.05) is 0 Å². The molecule has 0 spiro atoms. The monoisotopic (exact) mass is 243 g/mol. The van der Waals surface area contributed by atoms with Crippen LogP contribution in [0.25, 0.3) is 0 Å². The van der Waals surface area contributed by atoms with Gasteiger partial charge in [0, 0.05) is 26.1 Å². The number of hydrogen-bond acceptors (Lipinski definition) is 3. The quantitative estimate of drug-likeness (QED) is 0.789. The third-order valence-corrected chi connectivity index (χ3v) is 3.30. The topological polar surface area (TPSA) is 66.8 Å². The van der Waals surface area contributed by atoms with E-state index in [2.05, 4.69) is 0 Å². The molecule has 1 aliphatic heterocycles. The average molecular weight is 243 g/mol. The van der Waals surface area contributed by atoms with E-state index in [4.69, 9.17) is 9.84 Å². The summed E-state index contributed by atoms with van der Waals surface area (Å²) < 4.78 is 5.03. The molecule has 0 aliphatic carbocycles. The fraction of sp³-hybridized carbons (Fsp3) is 0.833. The summed E-state index contributed by atoms with van der Waals surface area (Å²) >= 11 is 0. The lowest BCUT2D eigenvalue weighted by Gasteiger charge is -2.37. The summed E-state index contributed by atoms with van der Waals surface area (Å²) in [6.07, 6.45) is 3.17. The minimum absolute atomic E-state index is 0.0254. The highest BCUT2D eigenvalue weighted by Gasteiger charge is 2.29. The van der Waals surface area contributed by atoms with Crippen molar-refractivity contribution in [2.45, 2.75) is 51.2 Å². The first-order valence-corrected chi connectivity index (χ1v) is 6.11. The number of piperidine rings is 1. The van der Waals surface area contributed by atoms with Crippen LogP contribution < -0.4 is 0 Å². The van der Waals surface area contributed by atoms with Gasteiger partial charge in [-0.05, 0) is 32.6 Å². The fourth-order valence-corrected chi connectivity index (χ4v) is 2.22. The largest absolute Gasteiger partial charge is 0.481 e. The first-order valence-electron chi connectivity index (χ1n) is 6.11. The molecule has 1 amide bonds. The smallest absolute Gasteiger partial charge is 0.303 e. The Morgan fingerprint density at radius 2 is 2.18 bits per heavy atom. The van der Waals surface area contributed by atoms with Crippen LogP contribution in [0.5, 0.6) is 0 Å². The summed E-state index contributed by atoms with van der Waals surface area (Å²) in [6, 6.07) is 0.0601. The van der Waals surface area contributed by atoms with Gasteiger partial charge in [-0.2, -0.15) is 0 Å². The Morgan fingerprint density at radius 3 is 2.76 bits per heavy atom. The second-order valence-corrected chi connectivity index (χ2v) is 4.49. The minimum Gasteiger partial charge on any atom is -0.481 e. The number of amides is 1. The Labute approximate surface area is 102 Å². The molecule has 1 heterocycles. The maximum atomic E-state index is 12.0. The van der Waals surface area contributed by atoms with Gasteiger partial charge >= 0.3 is 5.97 Å². The highest BCUT2D eigenvalue weighted by molar-refractivity contribution is 5.81. The Hall–Kier alpha value is -1.10. The molecular formula is C12H21NO4. The van der Waals surface area contributed by atoms with Crippen molar-refractivity contribution in [1.82, 2.24) is 4.90 Å². The molecule has 0 radical (unpaired) electrons. The Morgan fingerprint density at radius 1 is 1.47 bits per heavy atom. The standard InChI is InChI=1S/C12H21NO4/c1-9(17-2)12(16)13-8-4-3-5-10(13)6-7-11(14)15/h9-10H,3-8H2,1-2H3,(H,14,15)/t9-,10+/m0/s1. The molecule has 1 N–H and O–H groups in total. The third-order valence-electron chi connectivity index (χ3n) is 3.30. The van der Waals surface area contributed by atoms with E-state index in [1.54, 1.807) is 11.8 Å². The van der Waals surface area contributed by atoms with Crippen LogP contribution >= 0.6 is 0 Å². The van der Waals surface area contributed by atoms with E-state index in [9.17, 15) is 9.59 Å². The molecule has 17 heavy (non-hydrogen) atoms. The first-order chi connectivity index (χ1) is 8.06. The Kier molecular flexibility index (Phi) is 5.41. The van der Waals surface area contributed by atoms with Crippen molar-refractivity contribution in [2.75, 3.05) is 13.7 Å².